The number of anilines is 6. The van der Waals surface area contributed by atoms with Gasteiger partial charge in [0.2, 0.25) is 0 Å². The van der Waals surface area contributed by atoms with E-state index in [1.807, 2.05) is 0 Å². The molecule has 0 bridgehead atoms. The SMILES string of the molecule is CC(C)(C)c1c2ccc(N(c3ccc4ccccc4c3)c3ccc4ccccc4c3)cc2c(C(C)(C)C)c2ccc(N(c3ccc4ccccc4c3)c3ccc4ccccc4c3)cc12. The van der Waals surface area contributed by atoms with Crippen LogP contribution in [-0.4, -0.2) is 0 Å². The molecule has 64 heavy (non-hydrogen) atoms. The van der Waals surface area contributed by atoms with Crippen LogP contribution >= 0.6 is 0 Å². The molecule has 0 aliphatic heterocycles. The Morgan fingerprint density at radius 3 is 0.734 bits per heavy atom. The highest BCUT2D eigenvalue weighted by molar-refractivity contribution is 6.10. The first-order chi connectivity index (χ1) is 31.0. The van der Waals surface area contributed by atoms with Crippen LogP contribution in [-0.2, 0) is 10.8 Å². The van der Waals surface area contributed by atoms with E-state index in [4.69, 9.17) is 0 Å². The van der Waals surface area contributed by atoms with E-state index >= 15 is 0 Å². The Labute approximate surface area is 376 Å². The second kappa shape index (κ2) is 15.1. The van der Waals surface area contributed by atoms with Crippen LogP contribution in [0.1, 0.15) is 52.7 Å². The Balaban J connectivity index is 1.17. The van der Waals surface area contributed by atoms with Gasteiger partial charge in [-0.1, -0.05) is 175 Å². The van der Waals surface area contributed by atoms with Gasteiger partial charge < -0.3 is 9.80 Å². The fraction of sp³-hybridized carbons (Fsp3) is 0.129. The van der Waals surface area contributed by atoms with E-state index in [2.05, 4.69) is 258 Å². The van der Waals surface area contributed by atoms with E-state index in [0.29, 0.717) is 0 Å². The van der Waals surface area contributed by atoms with Crippen molar-refractivity contribution in [1.82, 2.24) is 0 Å². The van der Waals surface area contributed by atoms with Gasteiger partial charge in [-0.05, 0) is 159 Å². The number of hydrogen-bond acceptors (Lipinski definition) is 2. The molecular weight excluding hydrogens is 773 g/mol. The molecule has 0 radical (unpaired) electrons. The molecule has 0 aliphatic rings. The second-order valence-electron chi connectivity index (χ2n) is 19.5. The van der Waals surface area contributed by atoms with Crippen molar-refractivity contribution in [2.24, 2.45) is 0 Å². The Morgan fingerprint density at radius 1 is 0.234 bits per heavy atom. The highest BCUT2D eigenvalue weighted by atomic mass is 15.1. The predicted octanol–water partition coefficient (Wildman–Crippen LogP) is 18.1. The minimum atomic E-state index is -0.167. The normalized spacial score (nSPS) is 12.2. The zero-order valence-electron chi connectivity index (χ0n) is 37.5. The largest absolute Gasteiger partial charge is 0.310 e. The zero-order chi connectivity index (χ0) is 43.7. The van der Waals surface area contributed by atoms with Crippen molar-refractivity contribution in [2.75, 3.05) is 9.80 Å². The molecule has 0 aromatic heterocycles. The molecule has 2 nitrogen and oxygen atoms in total. The van der Waals surface area contributed by atoms with Crippen LogP contribution < -0.4 is 9.80 Å². The van der Waals surface area contributed by atoms with Gasteiger partial charge >= 0.3 is 0 Å². The van der Waals surface area contributed by atoms with Gasteiger partial charge in [-0.25, -0.2) is 0 Å². The van der Waals surface area contributed by atoms with Crippen molar-refractivity contribution in [3.05, 3.63) is 217 Å². The monoisotopic (exact) mass is 824 g/mol. The smallest absolute Gasteiger partial charge is 0.0468 e. The zero-order valence-corrected chi connectivity index (χ0v) is 37.5. The second-order valence-corrected chi connectivity index (χ2v) is 19.5. The van der Waals surface area contributed by atoms with Crippen LogP contribution in [0, 0.1) is 0 Å². The Hall–Kier alpha value is -7.42. The van der Waals surface area contributed by atoms with Gasteiger partial charge in [0.05, 0.1) is 0 Å². The fourth-order valence-corrected chi connectivity index (χ4v) is 10.3. The van der Waals surface area contributed by atoms with Crippen LogP contribution in [0.5, 0.6) is 0 Å². The number of fused-ring (bicyclic) bond motifs is 6. The Bertz CT molecular complexity index is 3200. The summed E-state index contributed by atoms with van der Waals surface area (Å²) in [7, 11) is 0. The molecule has 0 unspecified atom stereocenters. The summed E-state index contributed by atoms with van der Waals surface area (Å²) in [6, 6.07) is 76.5. The maximum absolute atomic E-state index is 2.47. The average molecular weight is 825 g/mol. The summed E-state index contributed by atoms with van der Waals surface area (Å²) in [4.78, 5) is 4.89. The van der Waals surface area contributed by atoms with Crippen molar-refractivity contribution < 1.29 is 0 Å². The first-order valence-corrected chi connectivity index (χ1v) is 22.6. The molecule has 0 heterocycles. The van der Waals surface area contributed by atoms with Gasteiger partial charge in [-0.15, -0.1) is 0 Å². The van der Waals surface area contributed by atoms with Crippen molar-refractivity contribution in [3.63, 3.8) is 0 Å². The van der Waals surface area contributed by atoms with E-state index < -0.39 is 0 Å². The molecular formula is C62H52N2. The fourth-order valence-electron chi connectivity index (χ4n) is 10.3. The average Bonchev–Trinajstić information content (AvgIpc) is 3.30. The maximum Gasteiger partial charge on any atom is 0.0468 e. The van der Waals surface area contributed by atoms with E-state index in [1.165, 1.54) is 75.8 Å². The molecule has 310 valence electrons. The third-order valence-corrected chi connectivity index (χ3v) is 13.1. The third-order valence-electron chi connectivity index (χ3n) is 13.1. The summed E-state index contributed by atoms with van der Waals surface area (Å²) >= 11 is 0. The highest BCUT2D eigenvalue weighted by Gasteiger charge is 2.29. The Kier molecular flexibility index (Phi) is 9.33. The summed E-state index contributed by atoms with van der Waals surface area (Å²) in [5, 5.41) is 15.0. The van der Waals surface area contributed by atoms with Crippen LogP contribution in [0.4, 0.5) is 34.1 Å². The minimum Gasteiger partial charge on any atom is -0.310 e. The van der Waals surface area contributed by atoms with Crippen molar-refractivity contribution in [2.45, 2.75) is 52.4 Å². The summed E-state index contributed by atoms with van der Waals surface area (Å²) in [6.07, 6.45) is 0. The van der Waals surface area contributed by atoms with Crippen LogP contribution in [0.3, 0.4) is 0 Å². The van der Waals surface area contributed by atoms with Gasteiger partial charge in [-0.3, -0.25) is 0 Å². The topological polar surface area (TPSA) is 6.48 Å². The van der Waals surface area contributed by atoms with Crippen LogP contribution in [0.2, 0.25) is 0 Å². The molecule has 0 aliphatic carbocycles. The minimum absolute atomic E-state index is 0.167. The third kappa shape index (κ3) is 6.91. The lowest BCUT2D eigenvalue weighted by Crippen LogP contribution is -2.18. The van der Waals surface area contributed by atoms with Crippen LogP contribution in [0.15, 0.2) is 206 Å². The first-order valence-electron chi connectivity index (χ1n) is 22.6. The van der Waals surface area contributed by atoms with Crippen molar-refractivity contribution in [3.8, 4) is 0 Å². The first kappa shape index (κ1) is 39.4. The lowest BCUT2D eigenvalue weighted by atomic mass is 9.74. The van der Waals surface area contributed by atoms with E-state index in [9.17, 15) is 0 Å². The van der Waals surface area contributed by atoms with Gasteiger partial charge in [0.15, 0.2) is 0 Å². The Morgan fingerprint density at radius 2 is 0.469 bits per heavy atom. The number of rotatable bonds is 6. The lowest BCUT2D eigenvalue weighted by Gasteiger charge is -2.33. The molecule has 0 saturated carbocycles. The van der Waals surface area contributed by atoms with Gasteiger partial charge in [0.1, 0.15) is 0 Å². The molecule has 0 saturated heterocycles. The molecule has 0 amide bonds. The molecule has 0 N–H and O–H groups in total. The summed E-state index contributed by atoms with van der Waals surface area (Å²) in [6.45, 7) is 14.2. The number of benzene rings is 11. The number of nitrogens with zero attached hydrogens (tertiary/aromatic N) is 2. The van der Waals surface area contributed by atoms with Crippen molar-refractivity contribution in [1.29, 1.82) is 0 Å². The molecule has 0 spiro atoms. The summed E-state index contributed by atoms with van der Waals surface area (Å²) in [5.74, 6) is 0. The number of hydrogen-bond donors (Lipinski definition) is 0. The lowest BCUT2D eigenvalue weighted by molar-refractivity contribution is 0.593. The molecule has 0 fully saturated rings. The standard InChI is InChI=1S/C62H52N2/c1-61(2,3)59-55-33-31-54(64(51-29-25-43-17-9-13-21-47(43)37-51)52-30-26-44-18-10-14-22-48(44)38-52)40-58(55)60(62(4,5)6)56-34-32-53(39-57(56)59)63(49-27-23-41-15-7-11-19-45(41)35-49)50-28-24-42-16-8-12-20-46(42)36-50/h7-40H,1-6H3. The quantitative estimate of drug-likeness (QED) is 0.154. The summed E-state index contributed by atoms with van der Waals surface area (Å²) in [5.41, 5.74) is 9.20. The van der Waals surface area contributed by atoms with E-state index in [1.54, 1.807) is 0 Å². The van der Waals surface area contributed by atoms with E-state index in [-0.39, 0.29) is 10.8 Å². The molecule has 11 aromatic carbocycles. The highest BCUT2D eigenvalue weighted by Crippen LogP contribution is 2.49. The maximum atomic E-state index is 2.47. The predicted molar refractivity (Wildman–Crippen MR) is 278 cm³/mol. The molecule has 2 heteroatoms. The molecule has 11 aromatic rings. The van der Waals surface area contributed by atoms with Gasteiger partial charge in [0.25, 0.3) is 0 Å². The van der Waals surface area contributed by atoms with Gasteiger partial charge in [0, 0.05) is 34.1 Å². The van der Waals surface area contributed by atoms with Gasteiger partial charge in [-0.2, -0.15) is 0 Å². The molecule has 11 rings (SSSR count). The van der Waals surface area contributed by atoms with Crippen molar-refractivity contribution >= 4 is 98.8 Å². The summed E-state index contributed by atoms with van der Waals surface area (Å²) < 4.78 is 0. The molecule has 0 atom stereocenters. The van der Waals surface area contributed by atoms with Crippen LogP contribution in [0.25, 0.3) is 64.6 Å². The van der Waals surface area contributed by atoms with E-state index in [0.717, 1.165) is 34.1 Å².